The van der Waals surface area contributed by atoms with Gasteiger partial charge in [-0.2, -0.15) is 0 Å². The number of benzene rings is 1. The second kappa shape index (κ2) is 9.68. The fourth-order valence-corrected chi connectivity index (χ4v) is 3.03. The predicted molar refractivity (Wildman–Crippen MR) is 98.7 cm³/mol. The molecule has 0 aliphatic heterocycles. The molecule has 7 nitrogen and oxygen atoms in total. The van der Waals surface area contributed by atoms with Crippen molar-refractivity contribution in [3.8, 4) is 0 Å². The molecule has 146 valence electrons. The largest absolute Gasteiger partial charge is 0.469 e. The summed E-state index contributed by atoms with van der Waals surface area (Å²) in [5, 5.41) is 5.09. The highest BCUT2D eigenvalue weighted by Crippen LogP contribution is 2.13. The van der Waals surface area contributed by atoms with Crippen molar-refractivity contribution in [2.24, 2.45) is 17.0 Å². The Morgan fingerprint density at radius 3 is 2.19 bits per heavy atom. The normalized spacial score (nSPS) is 12.7. The standard InChI is InChI=1S/C18H28N2O5S/c1-13(2)11-17(21)20(12-14(3)18(22)25-4)10-9-15-5-7-16(8-6-15)26(19,23)24/h5-8,13-14H,9-12H2,1-4H3,(H2,19,23,24). The molecule has 1 rings (SSSR count). The summed E-state index contributed by atoms with van der Waals surface area (Å²) in [5.41, 5.74) is 0.880. The van der Waals surface area contributed by atoms with E-state index in [0.29, 0.717) is 19.4 Å². The Balaban J connectivity index is 2.81. The molecule has 26 heavy (non-hydrogen) atoms. The van der Waals surface area contributed by atoms with E-state index in [1.54, 1.807) is 24.0 Å². The average Bonchev–Trinajstić information content (AvgIpc) is 2.56. The topological polar surface area (TPSA) is 107 Å². The van der Waals surface area contributed by atoms with Crippen LogP contribution in [0, 0.1) is 11.8 Å². The van der Waals surface area contributed by atoms with Crippen molar-refractivity contribution in [1.82, 2.24) is 4.90 Å². The van der Waals surface area contributed by atoms with Crippen molar-refractivity contribution >= 4 is 21.9 Å². The monoisotopic (exact) mass is 384 g/mol. The van der Waals surface area contributed by atoms with E-state index in [9.17, 15) is 18.0 Å². The number of ether oxygens (including phenoxy) is 1. The van der Waals surface area contributed by atoms with Crippen LogP contribution in [0.2, 0.25) is 0 Å². The van der Waals surface area contributed by atoms with Gasteiger partial charge in [0.2, 0.25) is 15.9 Å². The molecule has 1 atom stereocenters. The van der Waals surface area contributed by atoms with Crippen LogP contribution in [0.15, 0.2) is 29.2 Å². The minimum Gasteiger partial charge on any atom is -0.469 e. The molecule has 0 saturated carbocycles. The molecule has 0 bridgehead atoms. The summed E-state index contributed by atoms with van der Waals surface area (Å²) < 4.78 is 27.3. The molecule has 1 unspecified atom stereocenters. The minimum atomic E-state index is -3.72. The molecule has 0 radical (unpaired) electrons. The molecule has 0 saturated heterocycles. The van der Waals surface area contributed by atoms with E-state index in [1.807, 2.05) is 13.8 Å². The van der Waals surface area contributed by atoms with Crippen LogP contribution in [0.25, 0.3) is 0 Å². The highest BCUT2D eigenvalue weighted by Gasteiger charge is 2.22. The summed E-state index contributed by atoms with van der Waals surface area (Å²) in [6, 6.07) is 6.24. The summed E-state index contributed by atoms with van der Waals surface area (Å²) in [5.74, 6) is -0.574. The summed E-state index contributed by atoms with van der Waals surface area (Å²) >= 11 is 0. The van der Waals surface area contributed by atoms with Crippen molar-refractivity contribution < 1.29 is 22.7 Å². The SMILES string of the molecule is COC(=O)C(C)CN(CCc1ccc(S(N)(=O)=O)cc1)C(=O)CC(C)C. The van der Waals surface area contributed by atoms with Crippen molar-refractivity contribution in [2.45, 2.75) is 38.5 Å². The zero-order chi connectivity index (χ0) is 19.9. The third-order valence-corrected chi connectivity index (χ3v) is 4.88. The fourth-order valence-electron chi connectivity index (χ4n) is 2.51. The first-order valence-corrected chi connectivity index (χ1v) is 10.1. The lowest BCUT2D eigenvalue weighted by molar-refractivity contribution is -0.146. The van der Waals surface area contributed by atoms with Crippen LogP contribution in [-0.2, 0) is 30.8 Å². The van der Waals surface area contributed by atoms with E-state index < -0.39 is 15.9 Å². The van der Waals surface area contributed by atoms with Gasteiger partial charge in [-0.15, -0.1) is 0 Å². The van der Waals surface area contributed by atoms with Gasteiger partial charge in [-0.05, 0) is 30.0 Å². The summed E-state index contributed by atoms with van der Waals surface area (Å²) in [6.45, 7) is 6.37. The maximum atomic E-state index is 12.5. The number of carbonyl (C=O) groups excluding carboxylic acids is 2. The van der Waals surface area contributed by atoms with Gasteiger partial charge in [-0.3, -0.25) is 9.59 Å². The number of hydrogen-bond donors (Lipinski definition) is 1. The number of hydrogen-bond acceptors (Lipinski definition) is 5. The van der Waals surface area contributed by atoms with Crippen LogP contribution in [0.5, 0.6) is 0 Å². The van der Waals surface area contributed by atoms with Crippen molar-refractivity contribution in [3.05, 3.63) is 29.8 Å². The number of nitrogens with two attached hydrogens (primary N) is 1. The lowest BCUT2D eigenvalue weighted by Crippen LogP contribution is -2.39. The first-order chi connectivity index (χ1) is 12.0. The Kier molecular flexibility index (Phi) is 8.23. The molecule has 0 aliphatic carbocycles. The number of methoxy groups -OCH3 is 1. The van der Waals surface area contributed by atoms with Crippen LogP contribution in [0.3, 0.4) is 0 Å². The van der Waals surface area contributed by atoms with E-state index in [1.165, 1.54) is 19.2 Å². The third kappa shape index (κ3) is 7.13. The van der Waals surface area contributed by atoms with Crippen molar-refractivity contribution in [1.29, 1.82) is 0 Å². The van der Waals surface area contributed by atoms with Crippen LogP contribution >= 0.6 is 0 Å². The second-order valence-electron chi connectivity index (χ2n) is 6.80. The molecule has 1 aromatic rings. The van der Waals surface area contributed by atoms with Crippen LogP contribution in [0.4, 0.5) is 0 Å². The molecule has 1 aromatic carbocycles. The second-order valence-corrected chi connectivity index (χ2v) is 8.36. The van der Waals surface area contributed by atoms with Crippen molar-refractivity contribution in [2.75, 3.05) is 20.2 Å². The number of nitrogens with zero attached hydrogens (tertiary/aromatic N) is 1. The lowest BCUT2D eigenvalue weighted by atomic mass is 10.1. The van der Waals surface area contributed by atoms with Crippen LogP contribution in [-0.4, -0.2) is 45.4 Å². The summed E-state index contributed by atoms with van der Waals surface area (Å²) in [7, 11) is -2.40. The van der Waals surface area contributed by atoms with Gasteiger partial charge in [0, 0.05) is 19.5 Å². The molecule has 0 spiro atoms. The number of sulfonamides is 1. The number of rotatable bonds is 9. The third-order valence-electron chi connectivity index (χ3n) is 3.96. The first kappa shape index (κ1) is 22.1. The minimum absolute atomic E-state index is 0.0168. The highest BCUT2D eigenvalue weighted by molar-refractivity contribution is 7.89. The van der Waals surface area contributed by atoms with Crippen LogP contribution in [0.1, 0.15) is 32.8 Å². The average molecular weight is 384 g/mol. The molecular weight excluding hydrogens is 356 g/mol. The molecule has 8 heteroatoms. The molecule has 1 amide bonds. The van der Waals surface area contributed by atoms with Crippen LogP contribution < -0.4 is 5.14 Å². The van der Waals surface area contributed by atoms with Gasteiger partial charge in [0.1, 0.15) is 0 Å². The van der Waals surface area contributed by atoms with E-state index in [2.05, 4.69) is 0 Å². The van der Waals surface area contributed by atoms with Gasteiger partial charge >= 0.3 is 5.97 Å². The van der Waals surface area contributed by atoms with Gasteiger partial charge in [0.25, 0.3) is 0 Å². The smallest absolute Gasteiger partial charge is 0.310 e. The number of carbonyl (C=O) groups is 2. The Hall–Kier alpha value is -1.93. The van der Waals surface area contributed by atoms with E-state index >= 15 is 0 Å². The first-order valence-electron chi connectivity index (χ1n) is 8.52. The maximum Gasteiger partial charge on any atom is 0.310 e. The Bertz CT molecular complexity index is 714. The Morgan fingerprint density at radius 1 is 1.15 bits per heavy atom. The van der Waals surface area contributed by atoms with E-state index in [0.717, 1.165) is 5.56 Å². The summed E-state index contributed by atoms with van der Waals surface area (Å²) in [6.07, 6.45) is 0.945. The number of esters is 1. The molecule has 0 heterocycles. The van der Waals surface area contributed by atoms with Gasteiger partial charge in [-0.25, -0.2) is 13.6 Å². The summed E-state index contributed by atoms with van der Waals surface area (Å²) in [4.78, 5) is 25.9. The van der Waals surface area contributed by atoms with Gasteiger partial charge in [0.05, 0.1) is 17.9 Å². The van der Waals surface area contributed by atoms with Crippen molar-refractivity contribution in [3.63, 3.8) is 0 Å². The molecular formula is C18H28N2O5S. The maximum absolute atomic E-state index is 12.5. The molecule has 2 N–H and O–H groups in total. The number of primary sulfonamides is 1. The molecule has 0 fully saturated rings. The molecule has 0 aromatic heterocycles. The van der Waals surface area contributed by atoms with E-state index in [4.69, 9.17) is 9.88 Å². The fraction of sp³-hybridized carbons (Fsp3) is 0.556. The Morgan fingerprint density at radius 2 is 1.73 bits per heavy atom. The van der Waals surface area contributed by atoms with E-state index in [-0.39, 0.29) is 29.2 Å². The zero-order valence-corrected chi connectivity index (χ0v) is 16.6. The highest BCUT2D eigenvalue weighted by atomic mass is 32.2. The molecule has 0 aliphatic rings. The van der Waals surface area contributed by atoms with Gasteiger partial charge < -0.3 is 9.64 Å². The van der Waals surface area contributed by atoms with Gasteiger partial charge in [0.15, 0.2) is 0 Å². The Labute approximate surface area is 155 Å². The predicted octanol–water partition coefficient (Wildman–Crippen LogP) is 1.56. The quantitative estimate of drug-likeness (QED) is 0.650. The lowest BCUT2D eigenvalue weighted by Gasteiger charge is -2.26. The van der Waals surface area contributed by atoms with Gasteiger partial charge in [-0.1, -0.05) is 32.9 Å². The number of amides is 1. The zero-order valence-electron chi connectivity index (χ0n) is 15.8.